The number of benzene rings is 1. The molecule has 1 heterocycles. The fourth-order valence-corrected chi connectivity index (χ4v) is 2.15. The maximum atomic E-state index is 11.1. The lowest BCUT2D eigenvalue weighted by Gasteiger charge is -2.19. The summed E-state index contributed by atoms with van der Waals surface area (Å²) in [5.41, 5.74) is 8.36. The summed E-state index contributed by atoms with van der Waals surface area (Å²) in [5, 5.41) is 0. The normalized spacial score (nSPS) is 15.4. The Hall–Kier alpha value is -1.55. The van der Waals surface area contributed by atoms with Gasteiger partial charge in [0.15, 0.2) is 0 Å². The molecule has 0 radical (unpaired) electrons. The highest BCUT2D eigenvalue weighted by Gasteiger charge is 2.14. The first-order valence-corrected chi connectivity index (χ1v) is 6.28. The molecule has 0 fully saturated rings. The second-order valence-electron chi connectivity index (χ2n) is 4.54. The van der Waals surface area contributed by atoms with E-state index >= 15 is 0 Å². The molecule has 2 rings (SSSR count). The highest BCUT2D eigenvalue weighted by Crippen LogP contribution is 2.28. The van der Waals surface area contributed by atoms with E-state index in [1.807, 2.05) is 12.1 Å². The molecule has 4 heteroatoms. The molecule has 0 amide bonds. The van der Waals surface area contributed by atoms with E-state index in [1.165, 1.54) is 12.7 Å². The quantitative estimate of drug-likeness (QED) is 0.829. The summed E-state index contributed by atoms with van der Waals surface area (Å²) >= 11 is 0. The summed E-state index contributed by atoms with van der Waals surface area (Å²) < 4.78 is 10.2. The third kappa shape index (κ3) is 3.01. The number of hydrogen-bond acceptors (Lipinski definition) is 4. The molecule has 1 aliphatic heterocycles. The monoisotopic (exact) mass is 249 g/mol. The van der Waals surface area contributed by atoms with Crippen LogP contribution < -0.4 is 10.5 Å². The summed E-state index contributed by atoms with van der Waals surface area (Å²) in [6, 6.07) is 5.92. The van der Waals surface area contributed by atoms with Crippen LogP contribution in [-0.4, -0.2) is 19.7 Å². The molecule has 1 aliphatic rings. The molecule has 2 N–H and O–H groups in total. The Bertz CT molecular complexity index is 431. The highest BCUT2D eigenvalue weighted by molar-refractivity contribution is 5.69. The van der Waals surface area contributed by atoms with Crippen LogP contribution in [-0.2, 0) is 16.0 Å². The van der Waals surface area contributed by atoms with Crippen LogP contribution in [0.3, 0.4) is 0 Å². The number of methoxy groups -OCH3 is 1. The molecule has 1 atom stereocenters. The van der Waals surface area contributed by atoms with Crippen molar-refractivity contribution in [2.24, 2.45) is 5.73 Å². The zero-order chi connectivity index (χ0) is 13.0. The minimum Gasteiger partial charge on any atom is -0.493 e. The Kier molecular flexibility index (Phi) is 4.20. The Morgan fingerprint density at radius 3 is 3.17 bits per heavy atom. The van der Waals surface area contributed by atoms with E-state index in [0.717, 1.165) is 30.8 Å². The lowest BCUT2D eigenvalue weighted by molar-refractivity contribution is -0.140. The summed E-state index contributed by atoms with van der Waals surface area (Å²) in [7, 11) is 1.39. The van der Waals surface area contributed by atoms with Crippen LogP contribution in [0.5, 0.6) is 5.75 Å². The molecule has 1 aromatic rings. The molecule has 98 valence electrons. The predicted octanol–water partition coefficient (Wildman–Crippen LogP) is 1.96. The maximum Gasteiger partial charge on any atom is 0.305 e. The van der Waals surface area contributed by atoms with Gasteiger partial charge in [-0.1, -0.05) is 12.1 Å². The molecule has 0 aromatic heterocycles. The summed E-state index contributed by atoms with van der Waals surface area (Å²) in [4.78, 5) is 11.1. The minimum atomic E-state index is -0.216. The summed E-state index contributed by atoms with van der Waals surface area (Å²) in [6.45, 7) is 0.792. The number of ether oxygens (including phenoxy) is 2. The smallest absolute Gasteiger partial charge is 0.305 e. The highest BCUT2D eigenvalue weighted by atomic mass is 16.5. The van der Waals surface area contributed by atoms with Crippen LogP contribution in [0.2, 0.25) is 0 Å². The van der Waals surface area contributed by atoms with Crippen molar-refractivity contribution in [3.8, 4) is 5.75 Å². The Morgan fingerprint density at radius 2 is 2.39 bits per heavy atom. The van der Waals surface area contributed by atoms with Crippen molar-refractivity contribution in [1.29, 1.82) is 0 Å². The average molecular weight is 249 g/mol. The van der Waals surface area contributed by atoms with Gasteiger partial charge in [-0.05, 0) is 36.5 Å². The fourth-order valence-electron chi connectivity index (χ4n) is 2.15. The van der Waals surface area contributed by atoms with E-state index in [9.17, 15) is 4.79 Å². The molecule has 0 bridgehead atoms. The van der Waals surface area contributed by atoms with Gasteiger partial charge in [0, 0.05) is 12.5 Å². The molecule has 18 heavy (non-hydrogen) atoms. The Morgan fingerprint density at radius 1 is 1.56 bits per heavy atom. The summed E-state index contributed by atoms with van der Waals surface area (Å²) in [6.07, 6.45) is 3.04. The molecule has 1 aromatic carbocycles. The lowest BCUT2D eigenvalue weighted by Crippen LogP contribution is -2.15. The fraction of sp³-hybridized carbons (Fsp3) is 0.500. The molecule has 0 saturated carbocycles. The van der Waals surface area contributed by atoms with E-state index in [4.69, 9.17) is 10.5 Å². The van der Waals surface area contributed by atoms with Gasteiger partial charge in [0.1, 0.15) is 5.75 Å². The van der Waals surface area contributed by atoms with Gasteiger partial charge >= 0.3 is 5.97 Å². The van der Waals surface area contributed by atoms with Crippen molar-refractivity contribution in [2.75, 3.05) is 13.7 Å². The van der Waals surface area contributed by atoms with Crippen molar-refractivity contribution in [3.05, 3.63) is 29.3 Å². The number of rotatable bonds is 4. The SMILES string of the molecule is COC(=O)CCC(N)c1ccc2c(c1)CCCO2. The molecule has 1 unspecified atom stereocenters. The van der Waals surface area contributed by atoms with E-state index in [0.29, 0.717) is 12.8 Å². The molecular weight excluding hydrogens is 230 g/mol. The number of esters is 1. The third-order valence-electron chi connectivity index (χ3n) is 3.25. The molecular formula is C14H19NO3. The topological polar surface area (TPSA) is 61.5 Å². The Labute approximate surface area is 107 Å². The molecule has 0 saturated heterocycles. The van der Waals surface area contributed by atoms with Gasteiger partial charge in [-0.25, -0.2) is 0 Å². The van der Waals surface area contributed by atoms with E-state index in [2.05, 4.69) is 10.8 Å². The molecule has 0 spiro atoms. The maximum absolute atomic E-state index is 11.1. The van der Waals surface area contributed by atoms with Crippen LogP contribution in [0.1, 0.15) is 36.4 Å². The first-order valence-electron chi connectivity index (χ1n) is 6.28. The van der Waals surface area contributed by atoms with Crippen molar-refractivity contribution in [1.82, 2.24) is 0 Å². The second kappa shape index (κ2) is 5.87. The van der Waals surface area contributed by atoms with Crippen molar-refractivity contribution in [2.45, 2.75) is 31.7 Å². The van der Waals surface area contributed by atoms with E-state index < -0.39 is 0 Å². The van der Waals surface area contributed by atoms with Gasteiger partial charge in [-0.3, -0.25) is 4.79 Å². The summed E-state index contributed by atoms with van der Waals surface area (Å²) in [5.74, 6) is 0.747. The van der Waals surface area contributed by atoms with Crippen LogP contribution >= 0.6 is 0 Å². The molecule has 0 aliphatic carbocycles. The standard InChI is InChI=1S/C14H19NO3/c1-17-14(16)7-5-12(15)10-4-6-13-11(9-10)3-2-8-18-13/h4,6,9,12H,2-3,5,7-8,15H2,1H3. The van der Waals surface area contributed by atoms with Gasteiger partial charge in [-0.15, -0.1) is 0 Å². The van der Waals surface area contributed by atoms with Crippen molar-refractivity contribution in [3.63, 3.8) is 0 Å². The lowest BCUT2D eigenvalue weighted by atomic mass is 9.97. The number of carbonyl (C=O) groups excluding carboxylic acids is 1. The number of fused-ring (bicyclic) bond motifs is 1. The first-order chi connectivity index (χ1) is 8.70. The van der Waals surface area contributed by atoms with Gasteiger partial charge in [0.05, 0.1) is 13.7 Å². The first kappa shape index (κ1) is 12.9. The van der Waals surface area contributed by atoms with Crippen LogP contribution in [0.15, 0.2) is 18.2 Å². The zero-order valence-corrected chi connectivity index (χ0v) is 10.6. The number of carbonyl (C=O) groups is 1. The van der Waals surface area contributed by atoms with Gasteiger partial charge in [0.2, 0.25) is 0 Å². The van der Waals surface area contributed by atoms with Crippen LogP contribution in [0.25, 0.3) is 0 Å². The van der Waals surface area contributed by atoms with Gasteiger partial charge in [0.25, 0.3) is 0 Å². The van der Waals surface area contributed by atoms with Crippen LogP contribution in [0.4, 0.5) is 0 Å². The van der Waals surface area contributed by atoms with Gasteiger partial charge < -0.3 is 15.2 Å². The van der Waals surface area contributed by atoms with E-state index in [-0.39, 0.29) is 12.0 Å². The minimum absolute atomic E-state index is 0.128. The zero-order valence-electron chi connectivity index (χ0n) is 10.6. The number of aryl methyl sites for hydroxylation is 1. The van der Waals surface area contributed by atoms with Crippen molar-refractivity contribution >= 4 is 5.97 Å². The van der Waals surface area contributed by atoms with Gasteiger partial charge in [-0.2, -0.15) is 0 Å². The van der Waals surface area contributed by atoms with Crippen molar-refractivity contribution < 1.29 is 14.3 Å². The largest absolute Gasteiger partial charge is 0.493 e. The number of nitrogens with two attached hydrogens (primary N) is 1. The average Bonchev–Trinajstić information content (AvgIpc) is 2.43. The van der Waals surface area contributed by atoms with E-state index in [1.54, 1.807) is 0 Å². The second-order valence-corrected chi connectivity index (χ2v) is 4.54. The number of hydrogen-bond donors (Lipinski definition) is 1. The predicted molar refractivity (Wildman–Crippen MR) is 68.4 cm³/mol. The van der Waals surface area contributed by atoms with Crippen LogP contribution in [0, 0.1) is 0 Å². The molecule has 4 nitrogen and oxygen atoms in total. The third-order valence-corrected chi connectivity index (χ3v) is 3.25. The Balaban J connectivity index is 2.01.